The second kappa shape index (κ2) is 7.53. The second-order valence-electron chi connectivity index (χ2n) is 4.47. The number of aromatic nitrogens is 2. The Balaban J connectivity index is 2.65. The lowest BCUT2D eigenvalue weighted by Crippen LogP contribution is -2.24. The number of nitrogens with one attached hydrogen (secondary N) is 1. The molecule has 0 saturated carbocycles. The van der Waals surface area contributed by atoms with Crippen LogP contribution in [0.15, 0.2) is 10.7 Å². The molecule has 0 atom stereocenters. The highest BCUT2D eigenvalue weighted by Crippen LogP contribution is 2.23. The molecule has 5 nitrogen and oxygen atoms in total. The van der Waals surface area contributed by atoms with Crippen LogP contribution in [-0.4, -0.2) is 55.6 Å². The summed E-state index contributed by atoms with van der Waals surface area (Å²) in [5.74, 6) is 1.61. The van der Waals surface area contributed by atoms with Crippen LogP contribution < -0.4 is 10.2 Å². The fourth-order valence-corrected chi connectivity index (χ4v) is 2.09. The van der Waals surface area contributed by atoms with Crippen LogP contribution in [0.5, 0.6) is 0 Å². The highest BCUT2D eigenvalue weighted by Gasteiger charge is 2.09. The van der Waals surface area contributed by atoms with Crippen LogP contribution in [0, 0.1) is 0 Å². The van der Waals surface area contributed by atoms with Gasteiger partial charge in [-0.3, -0.25) is 0 Å². The van der Waals surface area contributed by atoms with E-state index < -0.39 is 0 Å². The van der Waals surface area contributed by atoms with E-state index in [0.29, 0.717) is 5.95 Å². The minimum Gasteiger partial charge on any atom is -0.359 e. The lowest BCUT2D eigenvalue weighted by molar-refractivity contribution is 0.401. The van der Waals surface area contributed by atoms with Crippen LogP contribution >= 0.6 is 15.9 Å². The third kappa shape index (κ3) is 4.78. The maximum atomic E-state index is 4.50. The first-order valence-electron chi connectivity index (χ1n) is 6.17. The number of nitrogens with zero attached hydrogens (tertiary/aromatic N) is 4. The van der Waals surface area contributed by atoms with Crippen molar-refractivity contribution in [3.8, 4) is 0 Å². The zero-order valence-corrected chi connectivity index (χ0v) is 13.2. The summed E-state index contributed by atoms with van der Waals surface area (Å²) in [5.41, 5.74) is 0. The van der Waals surface area contributed by atoms with Gasteiger partial charge in [-0.15, -0.1) is 0 Å². The molecule has 0 unspecified atom stereocenters. The molecule has 0 aliphatic carbocycles. The first kappa shape index (κ1) is 15.2. The Hall–Kier alpha value is -0.880. The van der Waals surface area contributed by atoms with Crippen molar-refractivity contribution in [3.05, 3.63) is 10.7 Å². The van der Waals surface area contributed by atoms with Gasteiger partial charge in [0.05, 0.1) is 4.47 Å². The van der Waals surface area contributed by atoms with Gasteiger partial charge in [0.1, 0.15) is 5.82 Å². The van der Waals surface area contributed by atoms with Gasteiger partial charge < -0.3 is 15.1 Å². The molecule has 18 heavy (non-hydrogen) atoms. The van der Waals surface area contributed by atoms with Gasteiger partial charge in [0.2, 0.25) is 5.95 Å². The van der Waals surface area contributed by atoms with Gasteiger partial charge in [0.25, 0.3) is 0 Å². The van der Waals surface area contributed by atoms with E-state index in [9.17, 15) is 0 Å². The number of halogens is 1. The molecular weight excluding hydrogens is 294 g/mol. The van der Waals surface area contributed by atoms with Crippen molar-refractivity contribution < 1.29 is 0 Å². The average molecular weight is 316 g/mol. The Morgan fingerprint density at radius 2 is 2.00 bits per heavy atom. The van der Waals surface area contributed by atoms with Crippen LogP contribution in [0.25, 0.3) is 0 Å². The number of hydrogen-bond donors (Lipinski definition) is 1. The van der Waals surface area contributed by atoms with Crippen LogP contribution in [-0.2, 0) is 0 Å². The molecule has 0 spiro atoms. The van der Waals surface area contributed by atoms with Crippen molar-refractivity contribution in [1.82, 2.24) is 14.9 Å². The highest BCUT2D eigenvalue weighted by molar-refractivity contribution is 9.10. The van der Waals surface area contributed by atoms with E-state index in [2.05, 4.69) is 62.2 Å². The molecule has 0 bridgehead atoms. The molecule has 0 amide bonds. The molecule has 1 heterocycles. The standard InChI is InChI=1S/C12H22BrN5/c1-5-14-12-15-9-10(13)11(16-12)18(4)8-6-7-17(2)3/h9H,5-8H2,1-4H3,(H,14,15,16). The Morgan fingerprint density at radius 1 is 1.28 bits per heavy atom. The predicted molar refractivity (Wildman–Crippen MR) is 80.3 cm³/mol. The number of anilines is 2. The maximum Gasteiger partial charge on any atom is 0.224 e. The molecule has 1 N–H and O–H groups in total. The summed E-state index contributed by atoms with van der Waals surface area (Å²) in [6.07, 6.45) is 2.90. The third-order valence-electron chi connectivity index (χ3n) is 2.52. The van der Waals surface area contributed by atoms with Gasteiger partial charge in [-0.25, -0.2) is 4.98 Å². The summed E-state index contributed by atoms with van der Waals surface area (Å²) in [4.78, 5) is 13.1. The Bertz CT molecular complexity index is 369. The lowest BCUT2D eigenvalue weighted by atomic mass is 10.3. The lowest BCUT2D eigenvalue weighted by Gasteiger charge is -2.21. The van der Waals surface area contributed by atoms with Crippen molar-refractivity contribution in [1.29, 1.82) is 0 Å². The topological polar surface area (TPSA) is 44.3 Å². The van der Waals surface area contributed by atoms with E-state index >= 15 is 0 Å². The van der Waals surface area contributed by atoms with Gasteiger partial charge in [0.15, 0.2) is 0 Å². The minimum absolute atomic E-state index is 0.676. The minimum atomic E-state index is 0.676. The molecule has 0 fully saturated rings. The number of hydrogen-bond acceptors (Lipinski definition) is 5. The van der Waals surface area contributed by atoms with E-state index in [0.717, 1.165) is 36.3 Å². The Kier molecular flexibility index (Phi) is 6.35. The monoisotopic (exact) mass is 315 g/mol. The molecule has 0 radical (unpaired) electrons. The molecular formula is C12H22BrN5. The summed E-state index contributed by atoms with van der Waals surface area (Å²) in [6.45, 7) is 4.91. The highest BCUT2D eigenvalue weighted by atomic mass is 79.9. The largest absolute Gasteiger partial charge is 0.359 e. The molecule has 1 aromatic heterocycles. The van der Waals surface area contributed by atoms with Crippen LogP contribution in [0.2, 0.25) is 0 Å². The molecule has 0 aliphatic heterocycles. The van der Waals surface area contributed by atoms with Gasteiger partial charge in [0, 0.05) is 26.3 Å². The molecule has 1 rings (SSSR count). The van der Waals surface area contributed by atoms with Gasteiger partial charge >= 0.3 is 0 Å². The van der Waals surface area contributed by atoms with Gasteiger partial charge in [-0.2, -0.15) is 4.98 Å². The number of rotatable bonds is 7. The van der Waals surface area contributed by atoms with E-state index in [1.165, 1.54) is 0 Å². The molecule has 102 valence electrons. The SMILES string of the molecule is CCNc1ncc(Br)c(N(C)CCCN(C)C)n1. The van der Waals surface area contributed by atoms with Crippen molar-refractivity contribution in [2.75, 3.05) is 51.0 Å². The van der Waals surface area contributed by atoms with E-state index in [4.69, 9.17) is 0 Å². The molecule has 1 aromatic rings. The summed E-state index contributed by atoms with van der Waals surface area (Å²) < 4.78 is 0.927. The second-order valence-corrected chi connectivity index (χ2v) is 5.33. The van der Waals surface area contributed by atoms with Crippen LogP contribution in [0.1, 0.15) is 13.3 Å². The van der Waals surface area contributed by atoms with Crippen LogP contribution in [0.4, 0.5) is 11.8 Å². The van der Waals surface area contributed by atoms with E-state index in [1.54, 1.807) is 6.20 Å². The fraction of sp³-hybridized carbons (Fsp3) is 0.667. The summed E-state index contributed by atoms with van der Waals surface area (Å²) >= 11 is 3.50. The first-order chi connectivity index (χ1) is 8.54. The van der Waals surface area contributed by atoms with Gasteiger partial charge in [-0.1, -0.05) is 0 Å². The average Bonchev–Trinajstić information content (AvgIpc) is 2.31. The van der Waals surface area contributed by atoms with Crippen molar-refractivity contribution in [2.45, 2.75) is 13.3 Å². The summed E-state index contributed by atoms with van der Waals surface area (Å²) in [5, 5.41) is 3.13. The van der Waals surface area contributed by atoms with Crippen molar-refractivity contribution >= 4 is 27.7 Å². The summed E-state index contributed by atoms with van der Waals surface area (Å²) in [6, 6.07) is 0. The van der Waals surface area contributed by atoms with Gasteiger partial charge in [-0.05, 0) is 49.9 Å². The smallest absolute Gasteiger partial charge is 0.224 e. The first-order valence-corrected chi connectivity index (χ1v) is 6.96. The van der Waals surface area contributed by atoms with E-state index in [1.807, 2.05) is 6.92 Å². The van der Waals surface area contributed by atoms with Crippen LogP contribution in [0.3, 0.4) is 0 Å². The quantitative estimate of drug-likeness (QED) is 0.834. The molecule has 0 saturated heterocycles. The zero-order valence-electron chi connectivity index (χ0n) is 11.6. The predicted octanol–water partition coefficient (Wildman–Crippen LogP) is 2.06. The normalized spacial score (nSPS) is 10.8. The third-order valence-corrected chi connectivity index (χ3v) is 3.08. The molecule has 0 aliphatic rings. The fourth-order valence-electron chi connectivity index (χ4n) is 1.60. The molecule has 6 heteroatoms. The summed E-state index contributed by atoms with van der Waals surface area (Å²) in [7, 11) is 6.23. The Labute approximate surface area is 118 Å². The Morgan fingerprint density at radius 3 is 2.61 bits per heavy atom. The van der Waals surface area contributed by atoms with Crippen molar-refractivity contribution in [3.63, 3.8) is 0 Å². The zero-order chi connectivity index (χ0) is 13.5. The molecule has 0 aromatic carbocycles. The maximum absolute atomic E-state index is 4.50. The van der Waals surface area contributed by atoms with Crippen molar-refractivity contribution in [2.24, 2.45) is 0 Å². The van der Waals surface area contributed by atoms with E-state index in [-0.39, 0.29) is 0 Å².